The summed E-state index contributed by atoms with van der Waals surface area (Å²) >= 11 is 0. The maximum atomic E-state index is 12.5. The van der Waals surface area contributed by atoms with Crippen molar-refractivity contribution in [3.63, 3.8) is 0 Å². The molecule has 9 heteroatoms. The van der Waals surface area contributed by atoms with Crippen LogP contribution in [-0.4, -0.2) is 65.0 Å². The molecule has 0 aliphatic rings. The Morgan fingerprint density at radius 1 is 1.09 bits per heavy atom. The normalized spacial score (nSPS) is 11.5. The van der Waals surface area contributed by atoms with E-state index < -0.39 is 6.09 Å². The van der Waals surface area contributed by atoms with Crippen LogP contribution in [0.1, 0.15) is 26.5 Å². The van der Waals surface area contributed by atoms with Crippen LogP contribution in [0.15, 0.2) is 48.7 Å². The molecule has 3 aromatic rings. The van der Waals surface area contributed by atoms with Gasteiger partial charge in [-0.2, -0.15) is 14.8 Å². The van der Waals surface area contributed by atoms with Crippen LogP contribution in [0, 0.1) is 0 Å². The third-order valence-electron chi connectivity index (χ3n) is 4.73. The average Bonchev–Trinajstić information content (AvgIpc) is 3.17. The summed E-state index contributed by atoms with van der Waals surface area (Å²) in [6, 6.07) is 12.5. The molecule has 1 N–H and O–H groups in total. The van der Waals surface area contributed by atoms with Gasteiger partial charge in [0.05, 0.1) is 5.69 Å². The van der Waals surface area contributed by atoms with Gasteiger partial charge in [-0.3, -0.25) is 5.32 Å². The van der Waals surface area contributed by atoms with Gasteiger partial charge in [-0.25, -0.2) is 9.78 Å². The Labute approximate surface area is 189 Å². The van der Waals surface area contributed by atoms with E-state index in [4.69, 9.17) is 9.84 Å². The van der Waals surface area contributed by atoms with Crippen LogP contribution in [0.3, 0.4) is 0 Å². The molecule has 2 aromatic heterocycles. The van der Waals surface area contributed by atoms with E-state index in [0.717, 1.165) is 18.8 Å². The standard InChI is InChI=1S/C23H31N7O2/c1-23(2,3)18-16-20(26-22(31)32-17-10-8-7-9-11-17)30(27-18)19-12-13-24-21(25-19)29(6)15-14-28(4)5/h7-13,16H,14-15H2,1-6H3,(H,26,31). The summed E-state index contributed by atoms with van der Waals surface area (Å²) in [6.07, 6.45) is 1.09. The number of benzene rings is 1. The van der Waals surface area contributed by atoms with E-state index >= 15 is 0 Å². The molecule has 0 fully saturated rings. The highest BCUT2D eigenvalue weighted by atomic mass is 16.6. The lowest BCUT2D eigenvalue weighted by atomic mass is 9.92. The highest BCUT2D eigenvalue weighted by Crippen LogP contribution is 2.26. The third kappa shape index (κ3) is 6.04. The van der Waals surface area contributed by atoms with Crippen LogP contribution >= 0.6 is 0 Å². The molecule has 1 aromatic carbocycles. The zero-order chi connectivity index (χ0) is 23.3. The molecule has 0 radical (unpaired) electrons. The average molecular weight is 438 g/mol. The smallest absolute Gasteiger partial charge is 0.410 e. The quantitative estimate of drug-likeness (QED) is 0.604. The fourth-order valence-corrected chi connectivity index (χ4v) is 2.83. The van der Waals surface area contributed by atoms with Gasteiger partial charge in [0.25, 0.3) is 0 Å². The van der Waals surface area contributed by atoms with Crippen molar-refractivity contribution in [2.24, 2.45) is 0 Å². The van der Waals surface area contributed by atoms with Crippen molar-refractivity contribution < 1.29 is 9.53 Å². The van der Waals surface area contributed by atoms with Crippen LogP contribution in [-0.2, 0) is 5.41 Å². The van der Waals surface area contributed by atoms with E-state index in [2.05, 4.69) is 41.0 Å². The Bertz CT molecular complexity index is 1040. The number of nitrogens with one attached hydrogen (secondary N) is 1. The predicted molar refractivity (Wildman–Crippen MR) is 126 cm³/mol. The molecule has 170 valence electrons. The van der Waals surface area contributed by atoms with E-state index in [1.165, 1.54) is 0 Å². The first-order valence-corrected chi connectivity index (χ1v) is 10.5. The van der Waals surface area contributed by atoms with E-state index in [1.54, 1.807) is 41.2 Å². The van der Waals surface area contributed by atoms with Crippen molar-refractivity contribution in [2.45, 2.75) is 26.2 Å². The lowest BCUT2D eigenvalue weighted by Crippen LogP contribution is -2.29. The van der Waals surface area contributed by atoms with Gasteiger partial charge >= 0.3 is 6.09 Å². The molecule has 0 bridgehead atoms. The summed E-state index contributed by atoms with van der Waals surface area (Å²) in [5.74, 6) is 2.06. The second-order valence-electron chi connectivity index (χ2n) is 8.84. The topological polar surface area (TPSA) is 88.4 Å². The summed E-state index contributed by atoms with van der Waals surface area (Å²) in [7, 11) is 5.99. The second kappa shape index (κ2) is 9.78. The number of aromatic nitrogens is 4. The van der Waals surface area contributed by atoms with Gasteiger partial charge in [0.15, 0.2) is 5.82 Å². The molecule has 3 rings (SSSR count). The maximum Gasteiger partial charge on any atom is 0.418 e. The number of para-hydroxylation sites is 1. The van der Waals surface area contributed by atoms with E-state index in [9.17, 15) is 4.79 Å². The molecule has 2 heterocycles. The van der Waals surface area contributed by atoms with Crippen LogP contribution in [0.4, 0.5) is 16.6 Å². The highest BCUT2D eigenvalue weighted by Gasteiger charge is 2.23. The van der Waals surface area contributed by atoms with E-state index in [-0.39, 0.29) is 5.41 Å². The van der Waals surface area contributed by atoms with E-state index in [0.29, 0.717) is 23.3 Å². The number of carbonyl (C=O) groups excluding carboxylic acids is 1. The first-order chi connectivity index (χ1) is 15.1. The first-order valence-electron chi connectivity index (χ1n) is 10.5. The number of carbonyl (C=O) groups is 1. The molecule has 0 aliphatic carbocycles. The maximum absolute atomic E-state index is 12.5. The van der Waals surface area contributed by atoms with Crippen molar-refractivity contribution in [1.29, 1.82) is 0 Å². The van der Waals surface area contributed by atoms with Gasteiger partial charge in [-0.1, -0.05) is 39.0 Å². The number of likely N-dealkylation sites (N-methyl/N-ethyl adjacent to an activating group) is 2. The first kappa shape index (κ1) is 23.2. The Balaban J connectivity index is 1.89. The minimum atomic E-state index is -0.602. The van der Waals surface area contributed by atoms with Crippen LogP contribution in [0.2, 0.25) is 0 Å². The molecule has 9 nitrogen and oxygen atoms in total. The zero-order valence-electron chi connectivity index (χ0n) is 19.5. The molecule has 0 aliphatic heterocycles. The number of amides is 1. The number of ether oxygens (including phenoxy) is 1. The molecule has 0 atom stereocenters. The van der Waals surface area contributed by atoms with Crippen molar-refractivity contribution in [2.75, 3.05) is 44.4 Å². The molecular formula is C23H31N7O2. The predicted octanol–water partition coefficient (Wildman–Crippen LogP) is 3.57. The van der Waals surface area contributed by atoms with E-state index in [1.807, 2.05) is 38.2 Å². The number of hydrogen-bond acceptors (Lipinski definition) is 7. The minimum Gasteiger partial charge on any atom is -0.410 e. The number of hydrogen-bond donors (Lipinski definition) is 1. The Morgan fingerprint density at radius 3 is 2.47 bits per heavy atom. The fourth-order valence-electron chi connectivity index (χ4n) is 2.83. The van der Waals surface area contributed by atoms with Crippen molar-refractivity contribution in [3.05, 3.63) is 54.4 Å². The minimum absolute atomic E-state index is 0.219. The van der Waals surface area contributed by atoms with Crippen LogP contribution < -0.4 is 15.0 Å². The molecule has 32 heavy (non-hydrogen) atoms. The third-order valence-corrected chi connectivity index (χ3v) is 4.73. The van der Waals surface area contributed by atoms with Gasteiger partial charge < -0.3 is 14.5 Å². The van der Waals surface area contributed by atoms with Crippen LogP contribution in [0.25, 0.3) is 5.82 Å². The number of rotatable bonds is 7. The van der Waals surface area contributed by atoms with Gasteiger partial charge in [0.1, 0.15) is 11.6 Å². The summed E-state index contributed by atoms with van der Waals surface area (Å²) in [4.78, 5) is 25.7. The molecule has 1 amide bonds. The van der Waals surface area contributed by atoms with Crippen molar-refractivity contribution >= 4 is 17.9 Å². The molecule has 0 saturated heterocycles. The lowest BCUT2D eigenvalue weighted by Gasteiger charge is -2.20. The van der Waals surface area contributed by atoms with Crippen molar-refractivity contribution in [3.8, 4) is 11.6 Å². The summed E-state index contributed by atoms with van der Waals surface area (Å²) in [5.41, 5.74) is 0.595. The fraction of sp³-hybridized carbons (Fsp3) is 0.391. The molecule has 0 unspecified atom stereocenters. The van der Waals surface area contributed by atoms with Gasteiger partial charge in [0.2, 0.25) is 5.95 Å². The number of nitrogens with zero attached hydrogens (tertiary/aromatic N) is 6. The highest BCUT2D eigenvalue weighted by molar-refractivity contribution is 5.85. The molecule has 0 spiro atoms. The zero-order valence-corrected chi connectivity index (χ0v) is 19.5. The van der Waals surface area contributed by atoms with Gasteiger partial charge in [-0.05, 0) is 26.2 Å². The summed E-state index contributed by atoms with van der Waals surface area (Å²) in [5, 5.41) is 7.51. The van der Waals surface area contributed by atoms with Gasteiger partial charge in [-0.15, -0.1) is 0 Å². The lowest BCUT2D eigenvalue weighted by molar-refractivity contribution is 0.215. The van der Waals surface area contributed by atoms with Gasteiger partial charge in [0, 0.05) is 43.9 Å². The largest absolute Gasteiger partial charge is 0.418 e. The second-order valence-corrected chi connectivity index (χ2v) is 8.84. The summed E-state index contributed by atoms with van der Waals surface area (Å²) in [6.45, 7) is 7.83. The van der Waals surface area contributed by atoms with Crippen LogP contribution in [0.5, 0.6) is 5.75 Å². The molecule has 0 saturated carbocycles. The monoisotopic (exact) mass is 437 g/mol. The molecular weight excluding hydrogens is 406 g/mol. The Kier molecular flexibility index (Phi) is 7.09. The Morgan fingerprint density at radius 2 is 1.81 bits per heavy atom. The number of anilines is 2. The SMILES string of the molecule is CN(C)CCN(C)c1nccc(-n2nc(C(C)(C)C)cc2NC(=O)Oc2ccccc2)n1. The Hall–Kier alpha value is -3.46. The summed E-state index contributed by atoms with van der Waals surface area (Å²) < 4.78 is 6.99. The van der Waals surface area contributed by atoms with Crippen molar-refractivity contribution in [1.82, 2.24) is 24.6 Å².